The van der Waals surface area contributed by atoms with E-state index in [9.17, 15) is 14.0 Å². The number of carbonyl (C=O) groups is 2. The first-order chi connectivity index (χ1) is 12.9. The van der Waals surface area contributed by atoms with E-state index in [1.54, 1.807) is 12.3 Å². The lowest BCUT2D eigenvalue weighted by Crippen LogP contribution is -2.54. The van der Waals surface area contributed by atoms with Crippen molar-refractivity contribution in [3.63, 3.8) is 0 Å². The van der Waals surface area contributed by atoms with Crippen LogP contribution in [0.25, 0.3) is 10.9 Å². The van der Waals surface area contributed by atoms with Crippen molar-refractivity contribution in [1.82, 2.24) is 10.3 Å². The van der Waals surface area contributed by atoms with Gasteiger partial charge in [0, 0.05) is 30.3 Å². The van der Waals surface area contributed by atoms with Gasteiger partial charge in [-0.25, -0.2) is 4.39 Å². The van der Waals surface area contributed by atoms with Crippen LogP contribution in [0.2, 0.25) is 0 Å². The fraction of sp³-hybridized carbons (Fsp3) is 0.316. The number of benzene rings is 1. The predicted molar refractivity (Wildman–Crippen MR) is 102 cm³/mol. The Morgan fingerprint density at radius 3 is 2.85 bits per heavy atom. The molecule has 2 rings (SSSR count). The van der Waals surface area contributed by atoms with Crippen LogP contribution in [0.5, 0.6) is 5.75 Å². The summed E-state index contributed by atoms with van der Waals surface area (Å²) in [5, 5.41) is 3.13. The first-order valence-corrected chi connectivity index (χ1v) is 9.17. The number of amides is 1. The third-order valence-corrected chi connectivity index (χ3v) is 4.42. The maximum Gasteiger partial charge on any atom is 0.272 e. The van der Waals surface area contributed by atoms with Gasteiger partial charge >= 0.3 is 0 Å². The second kappa shape index (κ2) is 8.84. The van der Waals surface area contributed by atoms with Gasteiger partial charge in [-0.3, -0.25) is 9.78 Å². The summed E-state index contributed by atoms with van der Waals surface area (Å²) in [7, 11) is 1.42. The topological polar surface area (TPSA) is 77.5 Å². The molecule has 0 spiro atoms. The molecule has 0 aliphatic heterocycles. The molecule has 0 fully saturated rings. The number of hydrogen-bond donors (Lipinski definition) is 1. The van der Waals surface area contributed by atoms with Crippen LogP contribution in [0.15, 0.2) is 24.4 Å². The highest BCUT2D eigenvalue weighted by atomic mass is 32.2. The van der Waals surface area contributed by atoms with E-state index in [2.05, 4.69) is 16.2 Å². The molecule has 142 valence electrons. The van der Waals surface area contributed by atoms with Crippen LogP contribution in [0, 0.1) is 18.2 Å². The van der Waals surface area contributed by atoms with Crippen molar-refractivity contribution in [2.45, 2.75) is 17.9 Å². The van der Waals surface area contributed by atoms with Crippen molar-refractivity contribution in [1.29, 1.82) is 0 Å². The number of nitrogens with one attached hydrogen (secondary N) is 1. The third-order valence-electron chi connectivity index (χ3n) is 3.68. The minimum absolute atomic E-state index is 0.00574. The second-order valence-corrected chi connectivity index (χ2v) is 6.89. The van der Waals surface area contributed by atoms with Gasteiger partial charge in [-0.1, -0.05) is 5.92 Å². The zero-order valence-corrected chi connectivity index (χ0v) is 15.9. The fourth-order valence-electron chi connectivity index (χ4n) is 2.36. The van der Waals surface area contributed by atoms with Crippen molar-refractivity contribution < 1.29 is 23.5 Å². The Kier molecular flexibility index (Phi) is 6.77. The van der Waals surface area contributed by atoms with Crippen molar-refractivity contribution in [3.8, 4) is 18.1 Å². The maximum atomic E-state index is 14.4. The van der Waals surface area contributed by atoms with Crippen LogP contribution in [-0.2, 0) is 14.3 Å². The average Bonchev–Trinajstić information content (AvgIpc) is 2.65. The molecule has 2 atom stereocenters. The van der Waals surface area contributed by atoms with E-state index >= 15 is 0 Å². The molecule has 2 unspecified atom stereocenters. The summed E-state index contributed by atoms with van der Waals surface area (Å²) in [6, 6.07) is 4.31. The number of hydrogen-bond acceptors (Lipinski definition) is 6. The summed E-state index contributed by atoms with van der Waals surface area (Å²) in [4.78, 5) is 27.8. The van der Waals surface area contributed by atoms with Crippen LogP contribution in [0.1, 0.15) is 12.5 Å². The molecule has 0 aliphatic rings. The summed E-state index contributed by atoms with van der Waals surface area (Å²) in [5.41, 5.74) is -1.33. The summed E-state index contributed by atoms with van der Waals surface area (Å²) in [6.07, 6.45) is 9.04. The van der Waals surface area contributed by atoms with E-state index in [-0.39, 0.29) is 12.4 Å². The van der Waals surface area contributed by atoms with E-state index in [0.29, 0.717) is 22.8 Å². The average molecular weight is 390 g/mol. The van der Waals surface area contributed by atoms with Crippen LogP contribution in [0.4, 0.5) is 4.39 Å². The van der Waals surface area contributed by atoms with Gasteiger partial charge in [-0.15, -0.1) is 18.2 Å². The molecule has 1 amide bonds. The molecule has 2 aromatic rings. The van der Waals surface area contributed by atoms with E-state index in [1.807, 2.05) is 0 Å². The number of halogens is 1. The SMILES string of the molecule is C#Cc1cnc2cc(F)c(OC(SC)C(=O)NC(C)(C=O)COC)cc2c1. The Balaban J connectivity index is 2.27. The number of aromatic nitrogens is 1. The number of fused-ring (bicyclic) bond motifs is 1. The molecule has 1 aromatic carbocycles. The highest BCUT2D eigenvalue weighted by Crippen LogP contribution is 2.27. The van der Waals surface area contributed by atoms with Crippen molar-refractivity contribution in [2.24, 2.45) is 0 Å². The molecular weight excluding hydrogens is 371 g/mol. The van der Waals surface area contributed by atoms with E-state index in [4.69, 9.17) is 15.9 Å². The van der Waals surface area contributed by atoms with Crippen molar-refractivity contribution >= 4 is 34.9 Å². The fourth-order valence-corrected chi connectivity index (χ4v) is 2.84. The molecule has 1 N–H and O–H groups in total. The summed E-state index contributed by atoms with van der Waals surface area (Å²) in [5.74, 6) is 1.10. The lowest BCUT2D eigenvalue weighted by atomic mass is 10.1. The zero-order valence-electron chi connectivity index (χ0n) is 15.1. The number of terminal acetylenes is 1. The molecule has 1 heterocycles. The Hall–Kier alpha value is -2.63. The number of methoxy groups -OCH3 is 1. The van der Waals surface area contributed by atoms with Gasteiger partial charge in [-0.2, -0.15) is 0 Å². The molecule has 8 heteroatoms. The molecule has 0 bridgehead atoms. The smallest absolute Gasteiger partial charge is 0.272 e. The summed E-state index contributed by atoms with van der Waals surface area (Å²) < 4.78 is 24.9. The van der Waals surface area contributed by atoms with E-state index in [0.717, 1.165) is 11.8 Å². The van der Waals surface area contributed by atoms with Crippen molar-refractivity contribution in [2.75, 3.05) is 20.0 Å². The molecule has 0 radical (unpaired) electrons. The Morgan fingerprint density at radius 2 is 2.26 bits per heavy atom. The van der Waals surface area contributed by atoms with Gasteiger partial charge in [0.05, 0.1) is 12.1 Å². The van der Waals surface area contributed by atoms with Gasteiger partial charge in [0.15, 0.2) is 11.6 Å². The van der Waals surface area contributed by atoms with Crippen molar-refractivity contribution in [3.05, 3.63) is 35.8 Å². The van der Waals surface area contributed by atoms with Crippen LogP contribution in [-0.4, -0.2) is 48.1 Å². The molecule has 0 saturated carbocycles. The minimum atomic E-state index is -1.21. The highest BCUT2D eigenvalue weighted by molar-refractivity contribution is 7.99. The molecule has 0 aliphatic carbocycles. The Morgan fingerprint density at radius 1 is 1.52 bits per heavy atom. The van der Waals surface area contributed by atoms with Gasteiger partial charge < -0.3 is 19.6 Å². The number of thioether (sulfide) groups is 1. The first kappa shape index (κ1) is 20.7. The van der Waals surface area contributed by atoms with Gasteiger partial charge in [0.1, 0.15) is 11.8 Å². The largest absolute Gasteiger partial charge is 0.467 e. The maximum absolute atomic E-state index is 14.4. The normalized spacial score (nSPS) is 14.0. The number of pyridine rings is 1. The minimum Gasteiger partial charge on any atom is -0.467 e. The Labute approximate surface area is 160 Å². The second-order valence-electron chi connectivity index (χ2n) is 5.99. The quantitative estimate of drug-likeness (QED) is 0.423. The number of ether oxygens (including phenoxy) is 2. The molecule has 27 heavy (non-hydrogen) atoms. The summed E-state index contributed by atoms with van der Waals surface area (Å²) >= 11 is 1.06. The van der Waals surface area contributed by atoms with E-state index in [1.165, 1.54) is 32.4 Å². The highest BCUT2D eigenvalue weighted by Gasteiger charge is 2.30. The van der Waals surface area contributed by atoms with Gasteiger partial charge in [0.2, 0.25) is 5.44 Å². The van der Waals surface area contributed by atoms with E-state index < -0.39 is 22.7 Å². The van der Waals surface area contributed by atoms with Crippen LogP contribution < -0.4 is 10.1 Å². The van der Waals surface area contributed by atoms with Crippen LogP contribution in [0.3, 0.4) is 0 Å². The summed E-state index contributed by atoms with van der Waals surface area (Å²) in [6.45, 7) is 1.51. The third kappa shape index (κ3) is 4.96. The zero-order chi connectivity index (χ0) is 20.0. The number of nitrogens with zero attached hydrogens (tertiary/aromatic N) is 1. The number of aldehydes is 1. The van der Waals surface area contributed by atoms with Gasteiger partial charge in [0.25, 0.3) is 5.91 Å². The van der Waals surface area contributed by atoms with Crippen LogP contribution >= 0.6 is 11.8 Å². The monoisotopic (exact) mass is 390 g/mol. The lowest BCUT2D eigenvalue weighted by Gasteiger charge is -2.26. The standard InChI is InChI=1S/C19H19FN2O4S/c1-5-12-6-13-7-16(14(20)8-15(13)21-9-12)26-18(27-4)17(24)22-19(2,10-23)11-25-3/h1,6-10,18H,11H2,2-4H3,(H,22,24). The van der Waals surface area contributed by atoms with Gasteiger partial charge in [-0.05, 0) is 25.3 Å². The first-order valence-electron chi connectivity index (χ1n) is 7.88. The predicted octanol–water partition coefficient (Wildman–Crippen LogP) is 2.14. The molecule has 0 saturated heterocycles. The molecular formula is C19H19FN2O4S. The lowest BCUT2D eigenvalue weighted by molar-refractivity contribution is -0.130. The molecule has 6 nitrogen and oxygen atoms in total. The Bertz CT molecular complexity index is 899. The molecule has 1 aromatic heterocycles. The number of rotatable bonds is 8. The number of carbonyl (C=O) groups excluding carboxylic acids is 2.